The quantitative estimate of drug-likeness (QED) is 0.359. The third-order valence-electron chi connectivity index (χ3n) is 5.65. The van der Waals surface area contributed by atoms with Crippen LogP contribution in [0, 0.1) is 5.82 Å². The van der Waals surface area contributed by atoms with E-state index < -0.39 is 29.4 Å². The number of alkyl halides is 3. The zero-order chi connectivity index (χ0) is 24.7. The highest BCUT2D eigenvalue weighted by atomic mass is 19.4. The van der Waals surface area contributed by atoms with Crippen LogP contribution in [0.2, 0.25) is 0 Å². The average Bonchev–Trinajstić information content (AvgIpc) is 3.12. The number of aromatic amines is 1. The summed E-state index contributed by atoms with van der Waals surface area (Å²) in [5, 5.41) is 7.08. The molecule has 3 N–H and O–H groups in total. The third-order valence-corrected chi connectivity index (χ3v) is 5.65. The number of benzene rings is 3. The first-order chi connectivity index (χ1) is 16.7. The van der Waals surface area contributed by atoms with Gasteiger partial charge in [-0.05, 0) is 35.4 Å². The number of H-pyrrole nitrogens is 1. The van der Waals surface area contributed by atoms with Gasteiger partial charge in [0.25, 0.3) is 11.8 Å². The van der Waals surface area contributed by atoms with E-state index in [9.17, 15) is 27.2 Å². The maximum Gasteiger partial charge on any atom is 0.419 e. The second-order valence-corrected chi connectivity index (χ2v) is 7.92. The zero-order valence-electron chi connectivity index (χ0n) is 17.8. The first-order valence-electron chi connectivity index (χ1n) is 10.4. The van der Waals surface area contributed by atoms with Gasteiger partial charge in [-0.2, -0.15) is 18.3 Å². The van der Waals surface area contributed by atoms with Gasteiger partial charge in [0.2, 0.25) is 0 Å². The lowest BCUT2D eigenvalue weighted by atomic mass is 10.00. The highest BCUT2D eigenvalue weighted by molar-refractivity contribution is 6.18. The van der Waals surface area contributed by atoms with E-state index in [-0.39, 0.29) is 23.2 Å². The molecule has 1 aromatic heterocycles. The molecular formula is C25H16F4N4O2. The van der Waals surface area contributed by atoms with Crippen molar-refractivity contribution in [2.75, 3.05) is 0 Å². The maximum absolute atomic E-state index is 13.5. The Hall–Kier alpha value is -4.47. The van der Waals surface area contributed by atoms with Gasteiger partial charge in [0.05, 0.1) is 23.0 Å². The van der Waals surface area contributed by atoms with Gasteiger partial charge in [0.15, 0.2) is 0 Å². The zero-order valence-corrected chi connectivity index (χ0v) is 17.8. The number of aromatic nitrogens is 1. The van der Waals surface area contributed by atoms with Gasteiger partial charge >= 0.3 is 6.18 Å². The van der Waals surface area contributed by atoms with Crippen LogP contribution in [0.5, 0.6) is 0 Å². The second-order valence-electron chi connectivity index (χ2n) is 7.92. The molecule has 2 amide bonds. The summed E-state index contributed by atoms with van der Waals surface area (Å²) in [6, 6.07) is 14.9. The fourth-order valence-corrected chi connectivity index (χ4v) is 4.03. The van der Waals surface area contributed by atoms with Crippen molar-refractivity contribution in [3.8, 4) is 11.3 Å². The van der Waals surface area contributed by atoms with E-state index in [1.54, 1.807) is 6.07 Å². The van der Waals surface area contributed by atoms with Crippen LogP contribution in [0.4, 0.5) is 17.6 Å². The van der Waals surface area contributed by atoms with Crippen molar-refractivity contribution >= 4 is 28.9 Å². The number of hydrazone groups is 1. The van der Waals surface area contributed by atoms with Gasteiger partial charge in [0.1, 0.15) is 5.82 Å². The molecule has 0 spiro atoms. The molecule has 1 aliphatic rings. The molecule has 0 radical (unpaired) electrons. The molecule has 4 aromatic rings. The molecule has 35 heavy (non-hydrogen) atoms. The summed E-state index contributed by atoms with van der Waals surface area (Å²) in [5.41, 5.74) is 4.19. The Morgan fingerprint density at radius 3 is 2.54 bits per heavy atom. The molecule has 0 unspecified atom stereocenters. The van der Waals surface area contributed by atoms with Crippen molar-refractivity contribution in [1.29, 1.82) is 0 Å². The number of nitrogens with one attached hydrogen (secondary N) is 3. The lowest BCUT2D eigenvalue weighted by Gasteiger charge is -2.11. The first-order valence-corrected chi connectivity index (χ1v) is 10.4. The first kappa shape index (κ1) is 22.3. The van der Waals surface area contributed by atoms with Crippen molar-refractivity contribution in [3.63, 3.8) is 0 Å². The van der Waals surface area contributed by atoms with Crippen molar-refractivity contribution in [1.82, 2.24) is 15.7 Å². The molecule has 0 bridgehead atoms. The van der Waals surface area contributed by atoms with Crippen molar-refractivity contribution in [2.24, 2.45) is 5.10 Å². The van der Waals surface area contributed by atoms with Crippen LogP contribution in [0.3, 0.4) is 0 Å². The number of halogens is 4. The number of rotatable bonds is 4. The van der Waals surface area contributed by atoms with Crippen LogP contribution < -0.4 is 10.7 Å². The predicted molar refractivity (Wildman–Crippen MR) is 121 cm³/mol. The molecule has 1 aliphatic heterocycles. The van der Waals surface area contributed by atoms with Crippen molar-refractivity contribution in [2.45, 2.75) is 12.7 Å². The molecule has 6 nitrogen and oxygen atoms in total. The Bertz CT molecular complexity index is 1510. The van der Waals surface area contributed by atoms with Crippen LogP contribution in [0.1, 0.15) is 37.4 Å². The fourth-order valence-electron chi connectivity index (χ4n) is 4.03. The van der Waals surface area contributed by atoms with Crippen molar-refractivity contribution < 1.29 is 27.2 Å². The Labute approximate surface area is 195 Å². The summed E-state index contributed by atoms with van der Waals surface area (Å²) in [7, 11) is 0. The molecule has 0 fully saturated rings. The molecule has 0 saturated heterocycles. The molecule has 2 heterocycles. The van der Waals surface area contributed by atoms with Crippen LogP contribution in [-0.4, -0.2) is 23.0 Å². The van der Waals surface area contributed by atoms with Crippen molar-refractivity contribution in [3.05, 3.63) is 94.3 Å². The average molecular weight is 480 g/mol. The lowest BCUT2D eigenvalue weighted by molar-refractivity contribution is -0.140. The number of carbonyl (C=O) groups is 2. The van der Waals surface area contributed by atoms with Gasteiger partial charge in [-0.1, -0.05) is 36.4 Å². The monoisotopic (exact) mass is 480 g/mol. The molecule has 176 valence electrons. The fraction of sp³-hybridized carbons (Fsp3) is 0.0800. The van der Waals surface area contributed by atoms with E-state index in [0.29, 0.717) is 34.3 Å². The molecule has 5 rings (SSSR count). The van der Waals surface area contributed by atoms with Gasteiger partial charge in [-0.3, -0.25) is 9.59 Å². The van der Waals surface area contributed by atoms with Gasteiger partial charge in [0, 0.05) is 28.6 Å². The Balaban J connectivity index is 1.50. The standard InChI is InChI=1S/C25H16F4N4O2/c26-19-7-6-13(8-18(19)25(27,28)29)11-30-23(34)15-9-16-21-17(12-31-33-24(16)35)22(32-20(21)10-15)14-4-2-1-3-5-14/h1-10,12,32H,11H2,(H,30,34)(H,33,35). The highest BCUT2D eigenvalue weighted by Gasteiger charge is 2.34. The van der Waals surface area contributed by atoms with Gasteiger partial charge in [-0.15, -0.1) is 0 Å². The third kappa shape index (κ3) is 4.14. The summed E-state index contributed by atoms with van der Waals surface area (Å²) in [4.78, 5) is 28.8. The number of amides is 2. The van der Waals surface area contributed by atoms with E-state index in [4.69, 9.17) is 0 Å². The van der Waals surface area contributed by atoms with Gasteiger partial charge in [-0.25, -0.2) is 9.82 Å². The number of nitrogens with zero attached hydrogens (tertiary/aromatic N) is 1. The van der Waals surface area contributed by atoms with Crippen LogP contribution in [0.15, 0.2) is 65.8 Å². The topological polar surface area (TPSA) is 86.3 Å². The molecule has 0 saturated carbocycles. The molecule has 10 heteroatoms. The molecule has 0 aliphatic carbocycles. The summed E-state index contributed by atoms with van der Waals surface area (Å²) in [6.45, 7) is -0.268. The van der Waals surface area contributed by atoms with Crippen LogP contribution >= 0.6 is 0 Å². The van der Waals surface area contributed by atoms with Crippen LogP contribution in [-0.2, 0) is 12.7 Å². The number of hydrogen-bond donors (Lipinski definition) is 3. The van der Waals surface area contributed by atoms with Gasteiger partial charge < -0.3 is 10.3 Å². The summed E-state index contributed by atoms with van der Waals surface area (Å²) in [6.07, 6.45) is -3.32. The predicted octanol–water partition coefficient (Wildman–Crippen LogP) is 5.00. The van der Waals surface area contributed by atoms with E-state index in [1.807, 2.05) is 30.3 Å². The summed E-state index contributed by atoms with van der Waals surface area (Å²) >= 11 is 0. The van der Waals surface area contributed by atoms with E-state index >= 15 is 0 Å². The minimum atomic E-state index is -4.85. The molecule has 3 aromatic carbocycles. The second kappa shape index (κ2) is 8.39. The minimum Gasteiger partial charge on any atom is -0.354 e. The number of carbonyl (C=O) groups excluding carboxylic acids is 2. The van der Waals surface area contributed by atoms with E-state index in [2.05, 4.69) is 20.8 Å². The lowest BCUT2D eigenvalue weighted by Crippen LogP contribution is -2.24. The number of hydrogen-bond acceptors (Lipinski definition) is 3. The molecular weight excluding hydrogens is 464 g/mol. The Morgan fingerprint density at radius 2 is 1.80 bits per heavy atom. The van der Waals surface area contributed by atoms with E-state index in [0.717, 1.165) is 11.6 Å². The molecule has 0 atom stereocenters. The highest BCUT2D eigenvalue weighted by Crippen LogP contribution is 2.34. The largest absolute Gasteiger partial charge is 0.419 e. The summed E-state index contributed by atoms with van der Waals surface area (Å²) < 4.78 is 52.5. The smallest absolute Gasteiger partial charge is 0.354 e. The SMILES string of the molecule is O=C(NCc1ccc(F)c(C(F)(F)F)c1)c1cc2c3c(c(-c4ccccc4)[nH]c3c1)C=NNC2=O. The van der Waals surface area contributed by atoms with Crippen LogP contribution in [0.25, 0.3) is 22.2 Å². The maximum atomic E-state index is 13.5. The Kier molecular flexibility index (Phi) is 5.35. The Morgan fingerprint density at radius 1 is 1.03 bits per heavy atom. The summed E-state index contributed by atoms with van der Waals surface area (Å²) in [5.74, 6) is -2.51. The normalized spacial score (nSPS) is 13.0. The van der Waals surface area contributed by atoms with E-state index in [1.165, 1.54) is 12.3 Å². The minimum absolute atomic E-state index is 0.0750.